The first-order valence-corrected chi connectivity index (χ1v) is 9.93. The maximum Gasteiger partial charge on any atom is 0.326 e. The molecule has 0 aromatic carbocycles. The molecule has 2 N–H and O–H groups in total. The van der Waals surface area contributed by atoms with Crippen LogP contribution < -0.4 is 5.32 Å². The Kier molecular flexibility index (Phi) is 10.3. The van der Waals surface area contributed by atoms with Crippen LogP contribution in [0.4, 0.5) is 0 Å². The van der Waals surface area contributed by atoms with Crippen LogP contribution in [-0.4, -0.2) is 69.5 Å². The fourth-order valence-electron chi connectivity index (χ4n) is 2.70. The lowest BCUT2D eigenvalue weighted by Crippen LogP contribution is -2.43. The zero-order valence-electron chi connectivity index (χ0n) is 15.6. The lowest BCUT2D eigenvalue weighted by Gasteiger charge is -2.24. The molecule has 12 heteroatoms. The number of carbonyl (C=O) groups is 4. The fourth-order valence-corrected chi connectivity index (χ4v) is 3.45. The Labute approximate surface area is 166 Å². The van der Waals surface area contributed by atoms with Crippen molar-refractivity contribution in [2.45, 2.75) is 45.1 Å². The highest BCUT2D eigenvalue weighted by Crippen LogP contribution is 2.21. The Hall–Kier alpha value is -2.37. The predicted octanol–water partition coefficient (Wildman–Crippen LogP) is 0.453. The van der Waals surface area contributed by atoms with Gasteiger partial charge in [-0.25, -0.2) is 4.79 Å². The quantitative estimate of drug-likeness (QED) is 0.260. The predicted molar refractivity (Wildman–Crippen MR) is 98.8 cm³/mol. The SMILES string of the molecule is C[C@H](CSC(=O)CNC(=O)CCCCO[N+](=O)[O-])C(=O)N1CCC[C@H]1C(=O)O. The number of carbonyl (C=O) groups excluding carboxylic acids is 3. The van der Waals surface area contributed by atoms with E-state index in [1.807, 2.05) is 0 Å². The van der Waals surface area contributed by atoms with Gasteiger partial charge in [-0.2, -0.15) is 0 Å². The van der Waals surface area contributed by atoms with Gasteiger partial charge in [0.05, 0.1) is 13.2 Å². The van der Waals surface area contributed by atoms with Crippen LogP contribution in [0.1, 0.15) is 39.0 Å². The topological polar surface area (TPSA) is 156 Å². The van der Waals surface area contributed by atoms with E-state index < -0.39 is 23.0 Å². The molecule has 0 aliphatic carbocycles. The van der Waals surface area contributed by atoms with Crippen molar-refractivity contribution in [1.29, 1.82) is 0 Å². The number of unbranched alkanes of at least 4 members (excludes halogenated alkanes) is 1. The van der Waals surface area contributed by atoms with Gasteiger partial charge in [-0.15, -0.1) is 10.1 Å². The van der Waals surface area contributed by atoms with Crippen molar-refractivity contribution in [1.82, 2.24) is 10.2 Å². The van der Waals surface area contributed by atoms with Crippen LogP contribution in [0.5, 0.6) is 0 Å². The maximum atomic E-state index is 12.4. The van der Waals surface area contributed by atoms with Gasteiger partial charge < -0.3 is 20.2 Å². The summed E-state index contributed by atoms with van der Waals surface area (Å²) in [6.07, 6.45) is 1.95. The summed E-state index contributed by atoms with van der Waals surface area (Å²) in [5, 5.41) is 20.4. The molecule has 0 spiro atoms. The van der Waals surface area contributed by atoms with Crippen LogP contribution >= 0.6 is 11.8 Å². The summed E-state index contributed by atoms with van der Waals surface area (Å²) >= 11 is 0.915. The molecule has 1 rings (SSSR count). The van der Waals surface area contributed by atoms with Gasteiger partial charge in [0.1, 0.15) is 6.04 Å². The van der Waals surface area contributed by atoms with Gasteiger partial charge in [0.15, 0.2) is 0 Å². The minimum absolute atomic E-state index is 0.0826. The van der Waals surface area contributed by atoms with Gasteiger partial charge in [0.25, 0.3) is 5.09 Å². The molecule has 1 fully saturated rings. The molecule has 0 saturated carbocycles. The second kappa shape index (κ2) is 12.2. The number of amides is 2. The molecule has 0 radical (unpaired) electrons. The highest BCUT2D eigenvalue weighted by Gasteiger charge is 2.35. The Morgan fingerprint density at radius 1 is 1.36 bits per heavy atom. The monoisotopic (exact) mass is 419 g/mol. The highest BCUT2D eigenvalue weighted by atomic mass is 32.2. The van der Waals surface area contributed by atoms with Crippen molar-refractivity contribution < 1.29 is 34.2 Å². The van der Waals surface area contributed by atoms with E-state index in [9.17, 15) is 29.3 Å². The number of likely N-dealkylation sites (tertiary alicyclic amines) is 1. The zero-order valence-corrected chi connectivity index (χ0v) is 16.4. The molecule has 11 nitrogen and oxygen atoms in total. The number of hydrogen-bond acceptors (Lipinski definition) is 8. The van der Waals surface area contributed by atoms with E-state index in [0.29, 0.717) is 32.2 Å². The van der Waals surface area contributed by atoms with Gasteiger partial charge in [0, 0.05) is 24.6 Å². The molecule has 1 saturated heterocycles. The number of carboxylic acid groups (broad SMARTS) is 1. The molecular formula is C16H25N3O8S. The minimum Gasteiger partial charge on any atom is -0.480 e. The maximum absolute atomic E-state index is 12.4. The molecule has 1 aliphatic heterocycles. The summed E-state index contributed by atoms with van der Waals surface area (Å²) in [6.45, 7) is 1.78. The van der Waals surface area contributed by atoms with E-state index in [1.165, 1.54) is 4.90 Å². The number of aliphatic carboxylic acids is 1. The molecule has 0 aromatic heterocycles. The summed E-state index contributed by atoms with van der Waals surface area (Å²) in [7, 11) is 0. The number of nitrogens with zero attached hydrogens (tertiary/aromatic N) is 2. The molecule has 0 bridgehead atoms. The van der Waals surface area contributed by atoms with Gasteiger partial charge in [0.2, 0.25) is 16.9 Å². The molecule has 158 valence electrons. The highest BCUT2D eigenvalue weighted by molar-refractivity contribution is 8.13. The molecule has 1 aliphatic rings. The van der Waals surface area contributed by atoms with Gasteiger partial charge in [-0.05, 0) is 25.7 Å². The smallest absolute Gasteiger partial charge is 0.326 e. The number of carboxylic acids is 1. The second-order valence-corrected chi connectivity index (χ2v) is 7.48. The van der Waals surface area contributed by atoms with E-state index in [4.69, 9.17) is 5.11 Å². The molecule has 28 heavy (non-hydrogen) atoms. The lowest BCUT2D eigenvalue weighted by molar-refractivity contribution is -0.757. The molecule has 0 unspecified atom stereocenters. The summed E-state index contributed by atoms with van der Waals surface area (Å²) in [5.41, 5.74) is 0. The minimum atomic E-state index is -1.02. The van der Waals surface area contributed by atoms with Gasteiger partial charge >= 0.3 is 5.97 Å². The van der Waals surface area contributed by atoms with E-state index in [2.05, 4.69) is 10.2 Å². The van der Waals surface area contributed by atoms with Crippen LogP contribution in [-0.2, 0) is 24.0 Å². The average Bonchev–Trinajstić information content (AvgIpc) is 3.13. The van der Waals surface area contributed by atoms with Crippen LogP contribution in [0.25, 0.3) is 0 Å². The standard InChI is InChI=1S/C16H25N3O8S/c1-11(15(22)18-7-4-5-12(18)16(23)24)10-28-14(21)9-17-13(20)6-2-3-8-27-19(25)26/h11-12H,2-10H2,1H3,(H,17,20)(H,23,24)/t11-,12+/m1/s1. The molecule has 0 aromatic rings. The van der Waals surface area contributed by atoms with Crippen LogP contribution in [0.3, 0.4) is 0 Å². The van der Waals surface area contributed by atoms with E-state index in [0.717, 1.165) is 11.8 Å². The third kappa shape index (κ3) is 8.55. The summed E-state index contributed by atoms with van der Waals surface area (Å²) < 4.78 is 0. The number of thioether (sulfide) groups is 1. The van der Waals surface area contributed by atoms with Crippen molar-refractivity contribution in [3.63, 3.8) is 0 Å². The Morgan fingerprint density at radius 3 is 2.71 bits per heavy atom. The first-order valence-electron chi connectivity index (χ1n) is 8.95. The van der Waals surface area contributed by atoms with E-state index in [-0.39, 0.29) is 42.3 Å². The normalized spacial score (nSPS) is 17.0. The Balaban J connectivity index is 2.21. The van der Waals surface area contributed by atoms with Crippen molar-refractivity contribution in [2.24, 2.45) is 5.92 Å². The Bertz CT molecular complexity index is 600. The third-order valence-electron chi connectivity index (χ3n) is 4.16. The number of nitrogens with one attached hydrogen (secondary N) is 1. The lowest BCUT2D eigenvalue weighted by atomic mass is 10.1. The zero-order chi connectivity index (χ0) is 21.1. The summed E-state index contributed by atoms with van der Waals surface area (Å²) in [6, 6.07) is -0.800. The molecule has 2 amide bonds. The van der Waals surface area contributed by atoms with Crippen LogP contribution in [0.15, 0.2) is 0 Å². The molecular weight excluding hydrogens is 394 g/mol. The van der Waals surface area contributed by atoms with Gasteiger partial charge in [-0.3, -0.25) is 14.4 Å². The number of rotatable bonds is 12. The number of hydrogen-bond donors (Lipinski definition) is 2. The Morgan fingerprint density at radius 2 is 2.07 bits per heavy atom. The third-order valence-corrected chi connectivity index (χ3v) is 5.29. The molecule has 2 atom stereocenters. The first-order chi connectivity index (χ1) is 13.2. The summed E-state index contributed by atoms with van der Waals surface area (Å²) in [5.74, 6) is -1.96. The van der Waals surface area contributed by atoms with Crippen molar-refractivity contribution in [3.8, 4) is 0 Å². The van der Waals surface area contributed by atoms with Crippen molar-refractivity contribution in [3.05, 3.63) is 10.1 Å². The fraction of sp³-hybridized carbons (Fsp3) is 0.750. The van der Waals surface area contributed by atoms with Crippen molar-refractivity contribution >= 4 is 34.7 Å². The van der Waals surface area contributed by atoms with Crippen LogP contribution in [0, 0.1) is 16.0 Å². The first kappa shape index (κ1) is 23.7. The van der Waals surface area contributed by atoms with Gasteiger partial charge in [-0.1, -0.05) is 18.7 Å². The summed E-state index contributed by atoms with van der Waals surface area (Å²) in [4.78, 5) is 62.4. The largest absolute Gasteiger partial charge is 0.480 e. The molecule has 1 heterocycles. The average molecular weight is 419 g/mol. The second-order valence-electron chi connectivity index (χ2n) is 6.40. The van der Waals surface area contributed by atoms with Crippen molar-refractivity contribution in [2.75, 3.05) is 25.4 Å². The van der Waals surface area contributed by atoms with E-state index >= 15 is 0 Å². The van der Waals surface area contributed by atoms with E-state index in [1.54, 1.807) is 6.92 Å². The van der Waals surface area contributed by atoms with Crippen LogP contribution in [0.2, 0.25) is 0 Å².